The molecule has 17 heteroatoms. The van der Waals surface area contributed by atoms with Crippen LogP contribution < -0.4 is 16.0 Å². The molecule has 0 aliphatic rings. The van der Waals surface area contributed by atoms with Gasteiger partial charge in [0.05, 0.1) is 23.9 Å². The summed E-state index contributed by atoms with van der Waals surface area (Å²) in [5.41, 5.74) is 0.412. The lowest BCUT2D eigenvalue weighted by Gasteiger charge is -2.18. The fourth-order valence-corrected chi connectivity index (χ4v) is 3.43. The largest absolute Gasteiger partial charge is 0.495 e. The van der Waals surface area contributed by atoms with Crippen molar-refractivity contribution >= 4 is 46.9 Å². The third-order valence-electron chi connectivity index (χ3n) is 5.22. The Morgan fingerprint density at radius 3 is 2.49 bits per heavy atom. The number of anilines is 1. The number of carbonyl (C=O) groups excluding carboxylic acids is 4. The highest BCUT2D eigenvalue weighted by atomic mass is 35.5. The molecular formula is C24H25ClF3N5O8. The van der Waals surface area contributed by atoms with Gasteiger partial charge in [0.2, 0.25) is 11.8 Å². The summed E-state index contributed by atoms with van der Waals surface area (Å²) in [7, 11) is 0. The quantitative estimate of drug-likeness (QED) is 0.133. The summed E-state index contributed by atoms with van der Waals surface area (Å²) in [6.45, 7) is 1.94. The number of unbranched alkanes of at least 4 members (excludes halogenated alkanes) is 1. The van der Waals surface area contributed by atoms with Crippen LogP contribution in [0.1, 0.15) is 42.9 Å². The molecule has 0 aliphatic carbocycles. The van der Waals surface area contributed by atoms with E-state index in [1.165, 1.54) is 6.07 Å². The number of benzene rings is 1. The van der Waals surface area contributed by atoms with Crippen LogP contribution in [0.5, 0.6) is 0 Å². The van der Waals surface area contributed by atoms with Gasteiger partial charge in [0, 0.05) is 25.2 Å². The van der Waals surface area contributed by atoms with Crippen molar-refractivity contribution in [1.29, 1.82) is 0 Å². The molecule has 0 spiro atoms. The number of halogens is 4. The van der Waals surface area contributed by atoms with Crippen molar-refractivity contribution in [2.24, 2.45) is 0 Å². The van der Waals surface area contributed by atoms with Crippen LogP contribution in [-0.4, -0.2) is 52.9 Å². The number of nitro benzene ring substituents is 1. The van der Waals surface area contributed by atoms with Crippen LogP contribution >= 0.6 is 11.6 Å². The Morgan fingerprint density at radius 1 is 1.10 bits per heavy atom. The van der Waals surface area contributed by atoms with Gasteiger partial charge in [0.25, 0.3) is 5.69 Å². The second-order valence-electron chi connectivity index (χ2n) is 8.50. The standard InChI is InChI=1S/C24H25ClF3N5O8/c1-14-7-9-30-19(10-14)29-8-3-2-4-20(34)31-13-21(35)32-17(12-22(36)40-41-23(37)24(26,27)28)15-5-6-16(25)18(11-15)33(38)39/h5-7,9-11,17H,2-4,8,12-13H2,1H3,(H,29,30)(H,31,34)(H,32,35). The van der Waals surface area contributed by atoms with Gasteiger partial charge in [-0.25, -0.2) is 24.3 Å². The van der Waals surface area contributed by atoms with E-state index in [1.807, 2.05) is 19.1 Å². The third-order valence-corrected chi connectivity index (χ3v) is 5.53. The minimum Gasteiger partial charge on any atom is -0.370 e. The lowest BCUT2D eigenvalue weighted by Crippen LogP contribution is -2.39. The zero-order valence-corrected chi connectivity index (χ0v) is 22.2. The topological polar surface area (TPSA) is 179 Å². The number of nitro groups is 1. The van der Waals surface area contributed by atoms with Crippen LogP contribution in [0.15, 0.2) is 36.5 Å². The highest BCUT2D eigenvalue weighted by Crippen LogP contribution is 2.29. The molecule has 1 atom stereocenters. The lowest BCUT2D eigenvalue weighted by atomic mass is 10.0. The van der Waals surface area contributed by atoms with E-state index in [2.05, 4.69) is 30.7 Å². The maximum absolute atomic E-state index is 12.5. The first-order valence-corrected chi connectivity index (χ1v) is 12.3. The predicted molar refractivity (Wildman–Crippen MR) is 136 cm³/mol. The Hall–Kier alpha value is -4.47. The number of aryl methyl sites for hydroxylation is 1. The van der Waals surface area contributed by atoms with Crippen molar-refractivity contribution in [3.63, 3.8) is 0 Å². The lowest BCUT2D eigenvalue weighted by molar-refractivity contribution is -0.384. The second kappa shape index (κ2) is 15.4. The first-order valence-electron chi connectivity index (χ1n) is 11.9. The van der Waals surface area contributed by atoms with Crippen molar-refractivity contribution < 1.29 is 47.0 Å². The maximum atomic E-state index is 12.5. The Morgan fingerprint density at radius 2 is 1.83 bits per heavy atom. The van der Waals surface area contributed by atoms with Gasteiger partial charge in [-0.3, -0.25) is 19.7 Å². The van der Waals surface area contributed by atoms with Crippen LogP contribution in [0.2, 0.25) is 5.02 Å². The van der Waals surface area contributed by atoms with Gasteiger partial charge in [-0.15, -0.1) is 0 Å². The summed E-state index contributed by atoms with van der Waals surface area (Å²) in [6, 6.07) is 5.59. The number of carbonyl (C=O) groups is 4. The summed E-state index contributed by atoms with van der Waals surface area (Å²) < 4.78 is 36.8. The minimum atomic E-state index is -5.43. The summed E-state index contributed by atoms with van der Waals surface area (Å²) in [4.78, 5) is 69.2. The van der Waals surface area contributed by atoms with Crippen LogP contribution in [-0.2, 0) is 29.0 Å². The molecule has 0 fully saturated rings. The summed E-state index contributed by atoms with van der Waals surface area (Å²) in [5, 5.41) is 18.8. The van der Waals surface area contributed by atoms with E-state index in [9.17, 15) is 42.5 Å². The zero-order valence-electron chi connectivity index (χ0n) is 21.5. The molecule has 1 unspecified atom stereocenters. The maximum Gasteiger partial charge on any atom is 0.495 e. The Bertz CT molecular complexity index is 1280. The van der Waals surface area contributed by atoms with Crippen LogP contribution in [0.4, 0.5) is 24.7 Å². The Kier molecular flexibility index (Phi) is 12.3. The monoisotopic (exact) mass is 603 g/mol. The van der Waals surface area contributed by atoms with E-state index < -0.39 is 59.5 Å². The van der Waals surface area contributed by atoms with E-state index in [4.69, 9.17) is 11.6 Å². The number of aromatic nitrogens is 1. The van der Waals surface area contributed by atoms with Crippen molar-refractivity contribution in [2.45, 2.75) is 44.8 Å². The van der Waals surface area contributed by atoms with Gasteiger partial charge in [-0.2, -0.15) is 13.2 Å². The van der Waals surface area contributed by atoms with Crippen LogP contribution in [0.25, 0.3) is 0 Å². The predicted octanol–water partition coefficient (Wildman–Crippen LogP) is 3.46. The van der Waals surface area contributed by atoms with Crippen molar-refractivity contribution in [2.75, 3.05) is 18.4 Å². The molecule has 0 aliphatic heterocycles. The van der Waals surface area contributed by atoms with Crippen molar-refractivity contribution in [1.82, 2.24) is 15.6 Å². The fraction of sp³-hybridized carbons (Fsp3) is 0.375. The summed E-state index contributed by atoms with van der Waals surface area (Å²) in [6.07, 6.45) is -3.44. The van der Waals surface area contributed by atoms with Gasteiger partial charge >= 0.3 is 18.1 Å². The summed E-state index contributed by atoms with van der Waals surface area (Å²) >= 11 is 5.78. The Balaban J connectivity index is 1.91. The second-order valence-corrected chi connectivity index (χ2v) is 8.90. The average Bonchev–Trinajstić information content (AvgIpc) is 2.89. The molecule has 13 nitrogen and oxygen atoms in total. The van der Waals surface area contributed by atoms with Crippen molar-refractivity contribution in [3.8, 4) is 0 Å². The smallest absolute Gasteiger partial charge is 0.370 e. The zero-order chi connectivity index (χ0) is 30.6. The molecule has 3 N–H and O–H groups in total. The fourth-order valence-electron chi connectivity index (χ4n) is 3.24. The molecule has 41 heavy (non-hydrogen) atoms. The van der Waals surface area contributed by atoms with Gasteiger partial charge in [-0.05, 0) is 49.1 Å². The number of rotatable bonds is 13. The van der Waals surface area contributed by atoms with Crippen LogP contribution in [0, 0.1) is 17.0 Å². The van der Waals surface area contributed by atoms with Gasteiger partial charge in [0.1, 0.15) is 10.8 Å². The average molecular weight is 604 g/mol. The number of hydrogen-bond acceptors (Lipinski definition) is 10. The van der Waals surface area contributed by atoms with Gasteiger partial charge < -0.3 is 16.0 Å². The SMILES string of the molecule is Cc1ccnc(NCCCCC(=O)NCC(=O)NC(CC(=O)OOC(=O)C(F)(F)F)c2ccc(Cl)c([N+](=O)[O-])c2)c1. The first-order chi connectivity index (χ1) is 19.3. The van der Waals surface area contributed by atoms with Crippen molar-refractivity contribution in [3.05, 3.63) is 62.8 Å². The molecule has 1 aromatic carbocycles. The first kappa shape index (κ1) is 32.7. The summed E-state index contributed by atoms with van der Waals surface area (Å²) in [5.74, 6) is -4.89. The molecule has 0 saturated heterocycles. The van der Waals surface area contributed by atoms with E-state index in [0.717, 1.165) is 17.7 Å². The number of pyridine rings is 1. The Labute approximate surface area is 235 Å². The number of nitrogens with one attached hydrogen (secondary N) is 3. The number of amides is 2. The van der Waals surface area contributed by atoms with Gasteiger partial charge in [-0.1, -0.05) is 17.7 Å². The molecule has 2 aromatic rings. The van der Waals surface area contributed by atoms with Crippen LogP contribution in [0.3, 0.4) is 0 Å². The minimum absolute atomic E-state index is 0.0459. The third kappa shape index (κ3) is 11.7. The molecule has 0 bridgehead atoms. The van der Waals surface area contributed by atoms with E-state index >= 15 is 0 Å². The molecule has 222 valence electrons. The molecule has 2 amide bonds. The van der Waals surface area contributed by atoms with Gasteiger partial charge in [0.15, 0.2) is 0 Å². The normalized spacial score (nSPS) is 11.6. The number of hydrogen-bond donors (Lipinski definition) is 3. The van der Waals surface area contributed by atoms with E-state index in [1.54, 1.807) is 6.20 Å². The highest BCUT2D eigenvalue weighted by Gasteiger charge is 2.43. The molecule has 2 rings (SSSR count). The molecule has 1 heterocycles. The van der Waals surface area contributed by atoms with E-state index in [-0.39, 0.29) is 17.0 Å². The number of alkyl halides is 3. The molecular weight excluding hydrogens is 579 g/mol. The molecule has 1 aromatic heterocycles. The molecule has 0 radical (unpaired) electrons. The highest BCUT2D eigenvalue weighted by molar-refractivity contribution is 6.32. The van der Waals surface area contributed by atoms with E-state index in [0.29, 0.717) is 25.2 Å². The number of nitrogens with zero attached hydrogens (tertiary/aromatic N) is 2. The molecule has 0 saturated carbocycles.